The molecule has 2 amide bonds. The number of pyridine rings is 1. The molecule has 0 fully saturated rings. The fourth-order valence-electron chi connectivity index (χ4n) is 4.27. The van der Waals surface area contributed by atoms with Gasteiger partial charge in [0.1, 0.15) is 18.1 Å². The Morgan fingerprint density at radius 1 is 1.11 bits per heavy atom. The molecule has 184 valence electrons. The minimum absolute atomic E-state index is 0.0943. The average Bonchev–Trinajstić information content (AvgIpc) is 3.42. The number of carbonyl (C=O) groups is 2. The summed E-state index contributed by atoms with van der Waals surface area (Å²) < 4.78 is 18.6. The van der Waals surface area contributed by atoms with E-state index >= 15 is 0 Å². The van der Waals surface area contributed by atoms with Crippen LogP contribution in [0.5, 0.6) is 0 Å². The summed E-state index contributed by atoms with van der Waals surface area (Å²) in [5, 5.41) is 2.92. The summed E-state index contributed by atoms with van der Waals surface area (Å²) in [5.41, 5.74) is 3.29. The van der Waals surface area contributed by atoms with Gasteiger partial charge in [0.25, 0.3) is 5.91 Å². The molecule has 8 heteroatoms. The van der Waals surface area contributed by atoms with E-state index in [1.807, 2.05) is 38.1 Å². The van der Waals surface area contributed by atoms with Crippen LogP contribution in [0.1, 0.15) is 51.7 Å². The van der Waals surface area contributed by atoms with E-state index in [4.69, 9.17) is 4.42 Å². The van der Waals surface area contributed by atoms with Crippen molar-refractivity contribution >= 4 is 11.8 Å². The second kappa shape index (κ2) is 11.4. The highest BCUT2D eigenvalue weighted by molar-refractivity contribution is 5.96. The molecule has 0 aliphatic heterocycles. The number of oxazole rings is 1. The summed E-state index contributed by atoms with van der Waals surface area (Å²) in [6, 6.07) is 16.0. The topological polar surface area (TPSA) is 88.3 Å². The molecule has 0 bridgehead atoms. The molecule has 2 unspecified atom stereocenters. The highest BCUT2D eigenvalue weighted by atomic mass is 19.1. The molecule has 0 spiro atoms. The molecule has 2 aromatic heterocycles. The first-order valence-corrected chi connectivity index (χ1v) is 11.6. The van der Waals surface area contributed by atoms with Crippen molar-refractivity contribution in [2.75, 3.05) is 6.54 Å². The first-order valence-electron chi connectivity index (χ1n) is 11.6. The Morgan fingerprint density at radius 2 is 1.94 bits per heavy atom. The van der Waals surface area contributed by atoms with E-state index in [0.717, 1.165) is 16.7 Å². The number of benzene rings is 2. The van der Waals surface area contributed by atoms with Crippen molar-refractivity contribution in [3.63, 3.8) is 0 Å². The maximum Gasteiger partial charge on any atom is 0.277 e. The van der Waals surface area contributed by atoms with Crippen LogP contribution < -0.4 is 5.32 Å². The lowest BCUT2D eigenvalue weighted by Gasteiger charge is -2.36. The van der Waals surface area contributed by atoms with Gasteiger partial charge in [0, 0.05) is 24.5 Å². The Kier molecular flexibility index (Phi) is 7.85. The molecule has 0 radical (unpaired) electrons. The molecule has 0 aliphatic carbocycles. The van der Waals surface area contributed by atoms with Gasteiger partial charge >= 0.3 is 0 Å². The van der Waals surface area contributed by atoms with Gasteiger partial charge < -0.3 is 14.6 Å². The number of amides is 2. The monoisotopic (exact) mass is 486 g/mol. The maximum absolute atomic E-state index is 13.7. The minimum atomic E-state index is -0.995. The van der Waals surface area contributed by atoms with Crippen molar-refractivity contribution in [1.29, 1.82) is 0 Å². The van der Waals surface area contributed by atoms with Gasteiger partial charge in [-0.05, 0) is 55.2 Å². The van der Waals surface area contributed by atoms with Gasteiger partial charge in [-0.2, -0.15) is 0 Å². The normalized spacial score (nSPS) is 12.5. The van der Waals surface area contributed by atoms with Crippen LogP contribution in [0.4, 0.5) is 4.39 Å². The predicted octanol–water partition coefficient (Wildman–Crippen LogP) is 4.82. The third kappa shape index (κ3) is 5.66. The number of rotatable bonds is 9. The van der Waals surface area contributed by atoms with Gasteiger partial charge in [-0.1, -0.05) is 42.5 Å². The third-order valence-electron chi connectivity index (χ3n) is 6.07. The van der Waals surface area contributed by atoms with Crippen LogP contribution in [-0.2, 0) is 11.2 Å². The van der Waals surface area contributed by atoms with Crippen LogP contribution in [-0.4, -0.2) is 33.2 Å². The molecule has 2 aromatic carbocycles. The fourth-order valence-corrected chi connectivity index (χ4v) is 4.27. The predicted molar refractivity (Wildman–Crippen MR) is 132 cm³/mol. The number of aryl methyl sites for hydroxylation is 1. The van der Waals surface area contributed by atoms with Crippen LogP contribution >= 0.6 is 0 Å². The quantitative estimate of drug-likeness (QED) is 0.366. The van der Waals surface area contributed by atoms with E-state index < -0.39 is 18.0 Å². The van der Waals surface area contributed by atoms with Crippen LogP contribution in [0.3, 0.4) is 0 Å². The van der Waals surface area contributed by atoms with Crippen LogP contribution in [0.2, 0.25) is 0 Å². The molecule has 7 nitrogen and oxygen atoms in total. The number of aromatic nitrogens is 2. The van der Waals surface area contributed by atoms with Crippen molar-refractivity contribution in [3.8, 4) is 0 Å². The first kappa shape index (κ1) is 24.8. The third-order valence-corrected chi connectivity index (χ3v) is 6.07. The Balaban J connectivity index is 1.69. The first-order chi connectivity index (χ1) is 17.5. The standard InChI is InChI=1S/C28H27FN4O3/c1-19-7-3-4-11-24(19)20(2)33(28(35)25-17-36-18-32-25)26(22-9-6-13-30-16-22)27(34)31-14-12-21-8-5-10-23(29)15-21/h3-11,13,15-18,20,26H,12,14H2,1-2H3,(H,31,34). The second-order valence-corrected chi connectivity index (χ2v) is 8.48. The lowest BCUT2D eigenvalue weighted by molar-refractivity contribution is -0.126. The number of nitrogens with one attached hydrogen (secondary N) is 1. The average molecular weight is 487 g/mol. The summed E-state index contributed by atoms with van der Waals surface area (Å²) in [4.78, 5) is 37.2. The molecule has 36 heavy (non-hydrogen) atoms. The molecule has 1 N–H and O–H groups in total. The summed E-state index contributed by atoms with van der Waals surface area (Å²) >= 11 is 0. The van der Waals surface area contributed by atoms with Gasteiger partial charge in [-0.15, -0.1) is 0 Å². The molecule has 0 aliphatic rings. The zero-order chi connectivity index (χ0) is 25.5. The highest BCUT2D eigenvalue weighted by Crippen LogP contribution is 2.33. The van der Waals surface area contributed by atoms with Crippen LogP contribution in [0.15, 0.2) is 90.1 Å². The number of nitrogens with zero attached hydrogens (tertiary/aromatic N) is 3. The molecule has 4 rings (SSSR count). The molecular weight excluding hydrogens is 459 g/mol. The SMILES string of the molecule is Cc1ccccc1C(C)N(C(=O)c1cocn1)C(C(=O)NCCc1cccc(F)c1)c1cccnc1. The second-order valence-electron chi connectivity index (χ2n) is 8.48. The van der Waals surface area contributed by atoms with Gasteiger partial charge in [0.15, 0.2) is 12.1 Å². The van der Waals surface area contributed by atoms with E-state index in [9.17, 15) is 14.0 Å². The summed E-state index contributed by atoms with van der Waals surface area (Å²) in [6.45, 7) is 4.11. The zero-order valence-electron chi connectivity index (χ0n) is 20.1. The molecule has 0 saturated heterocycles. The molecule has 0 saturated carbocycles. The van der Waals surface area contributed by atoms with Crippen molar-refractivity contribution in [3.05, 3.63) is 119 Å². The largest absolute Gasteiger partial charge is 0.451 e. The molecule has 4 aromatic rings. The molecule has 2 heterocycles. The Hall–Kier alpha value is -4.33. The van der Waals surface area contributed by atoms with E-state index in [2.05, 4.69) is 15.3 Å². The van der Waals surface area contributed by atoms with Crippen molar-refractivity contribution in [2.45, 2.75) is 32.4 Å². The van der Waals surface area contributed by atoms with Crippen molar-refractivity contribution in [1.82, 2.24) is 20.2 Å². The lowest BCUT2D eigenvalue weighted by Crippen LogP contribution is -2.45. The molecule has 2 atom stereocenters. The lowest BCUT2D eigenvalue weighted by atomic mass is 9.96. The van der Waals surface area contributed by atoms with Gasteiger partial charge in [0.2, 0.25) is 5.91 Å². The number of hydrogen-bond donors (Lipinski definition) is 1. The van der Waals surface area contributed by atoms with Crippen molar-refractivity contribution < 1.29 is 18.4 Å². The van der Waals surface area contributed by atoms with E-state index in [1.165, 1.54) is 29.7 Å². The van der Waals surface area contributed by atoms with Crippen LogP contribution in [0.25, 0.3) is 0 Å². The zero-order valence-corrected chi connectivity index (χ0v) is 20.1. The highest BCUT2D eigenvalue weighted by Gasteiger charge is 2.37. The van der Waals surface area contributed by atoms with Gasteiger partial charge in [0.05, 0.1) is 6.04 Å². The summed E-state index contributed by atoms with van der Waals surface area (Å²) in [6.07, 6.45) is 6.07. The maximum atomic E-state index is 13.7. The van der Waals surface area contributed by atoms with E-state index in [0.29, 0.717) is 12.0 Å². The van der Waals surface area contributed by atoms with Gasteiger partial charge in [-0.3, -0.25) is 14.6 Å². The Bertz CT molecular complexity index is 1310. The number of hydrogen-bond acceptors (Lipinski definition) is 5. The Labute approximate surface area is 209 Å². The fraction of sp³-hybridized carbons (Fsp3) is 0.214. The van der Waals surface area contributed by atoms with Crippen molar-refractivity contribution in [2.24, 2.45) is 0 Å². The smallest absolute Gasteiger partial charge is 0.277 e. The van der Waals surface area contributed by atoms with Gasteiger partial charge in [-0.25, -0.2) is 9.37 Å². The Morgan fingerprint density at radius 3 is 2.64 bits per heavy atom. The summed E-state index contributed by atoms with van der Waals surface area (Å²) in [5.74, 6) is -1.16. The van der Waals surface area contributed by atoms with Crippen LogP contribution in [0, 0.1) is 12.7 Å². The number of halogens is 1. The van der Waals surface area contributed by atoms with E-state index in [-0.39, 0.29) is 24.0 Å². The molecular formula is C28H27FN4O3. The number of carbonyl (C=O) groups excluding carboxylic acids is 2. The summed E-state index contributed by atoms with van der Waals surface area (Å²) in [7, 11) is 0. The van der Waals surface area contributed by atoms with E-state index in [1.54, 1.807) is 36.7 Å². The minimum Gasteiger partial charge on any atom is -0.451 e.